The molecule has 1 amide bonds. The lowest BCUT2D eigenvalue weighted by Gasteiger charge is -2.30. The smallest absolute Gasteiger partial charge is 0.335 e. The normalized spacial score (nSPS) is 14.2. The molecule has 0 bridgehead atoms. The van der Waals surface area contributed by atoms with Gasteiger partial charge in [0.2, 0.25) is 11.7 Å². The molecule has 0 spiro atoms. The second-order valence-electron chi connectivity index (χ2n) is 8.18. The Morgan fingerprint density at radius 2 is 1.78 bits per heavy atom. The minimum atomic E-state index is -4.76. The zero-order chi connectivity index (χ0) is 26.4. The number of carbonyl (C=O) groups is 1. The molecule has 2 N–H and O–H groups in total. The maximum absolute atomic E-state index is 13.9. The third-order valence-corrected chi connectivity index (χ3v) is 6.49. The van der Waals surface area contributed by atoms with Gasteiger partial charge in [-0.05, 0) is 24.1 Å². The van der Waals surface area contributed by atoms with E-state index in [1.54, 1.807) is 0 Å². The van der Waals surface area contributed by atoms with Gasteiger partial charge in [0.1, 0.15) is 11.0 Å². The summed E-state index contributed by atoms with van der Waals surface area (Å²) in [6.07, 6.45) is -4.06. The van der Waals surface area contributed by atoms with E-state index in [1.165, 1.54) is 17.2 Å². The lowest BCUT2D eigenvalue weighted by molar-refractivity contribution is -0.148. The maximum atomic E-state index is 13.9. The number of nitrogens with two attached hydrogens (primary N) is 1. The highest BCUT2D eigenvalue weighted by Gasteiger charge is 2.41. The summed E-state index contributed by atoms with van der Waals surface area (Å²) in [7, 11) is 0. The second kappa shape index (κ2) is 11.1. The van der Waals surface area contributed by atoms with Crippen LogP contribution in [0.3, 0.4) is 0 Å². The lowest BCUT2D eigenvalue weighted by Crippen LogP contribution is -2.42. The number of aromatic nitrogens is 3. The Labute approximate surface area is 222 Å². The van der Waals surface area contributed by atoms with Crippen molar-refractivity contribution in [3.8, 4) is 11.3 Å². The molecule has 0 fully saturated rings. The average Bonchev–Trinajstić information content (AvgIpc) is 3.18. The molecule has 1 atom stereocenters. The highest BCUT2D eigenvalue weighted by molar-refractivity contribution is 6.42. The van der Waals surface area contributed by atoms with Gasteiger partial charge in [0.05, 0.1) is 23.0 Å². The lowest BCUT2D eigenvalue weighted by atomic mass is 10.0. The van der Waals surface area contributed by atoms with Crippen LogP contribution < -0.4 is 5.73 Å². The number of benzene rings is 1. The molecule has 4 rings (SSSR count). The van der Waals surface area contributed by atoms with Crippen LogP contribution in [0.2, 0.25) is 10.2 Å². The van der Waals surface area contributed by atoms with E-state index in [9.17, 15) is 31.1 Å². The van der Waals surface area contributed by atoms with Gasteiger partial charge in [-0.3, -0.25) is 4.79 Å². The van der Waals surface area contributed by atoms with Crippen molar-refractivity contribution < 1.29 is 31.1 Å². The number of alkyl halides is 3. The molecule has 0 saturated heterocycles. The fourth-order valence-electron chi connectivity index (χ4n) is 4.04. The molecular weight excluding hydrogens is 571 g/mol. The number of fused-ring (bicyclic) bond motifs is 1. The Hall–Kier alpha value is -2.54. The van der Waals surface area contributed by atoms with Crippen molar-refractivity contribution in [2.24, 2.45) is 5.73 Å². The van der Waals surface area contributed by atoms with Gasteiger partial charge >= 0.3 is 6.18 Å². The van der Waals surface area contributed by atoms with Gasteiger partial charge in [-0.2, -0.15) is 13.2 Å². The molecule has 3 heterocycles. The van der Waals surface area contributed by atoms with Crippen LogP contribution in [0, 0.1) is 17.5 Å². The second-order valence-corrected chi connectivity index (χ2v) is 8.92. The average molecular weight is 589 g/mol. The highest BCUT2D eigenvalue weighted by atomic mass is 35.5. The SMILES string of the molecule is Cl.NC(CC(=O)N1CCn2c(C(F)(F)F)nc(-c3ccnc(Cl)c3Cl)c2C1)Cc1cc(F)c(F)cc1F. The number of halogens is 9. The summed E-state index contributed by atoms with van der Waals surface area (Å²) in [6.45, 7) is -0.506. The standard InChI is InChI=1S/C22H17Cl2F6N5O.ClH/c23-18-12(1-2-32-20(18)24)19-16-9-34(3-4-35(16)21(33-19)22(28,29)30)17(36)7-11(31)5-10-6-14(26)15(27)8-13(10)25;/h1-2,6,8,11H,3-5,7,9,31H2;1H. The zero-order valence-corrected chi connectivity index (χ0v) is 21.0. The zero-order valence-electron chi connectivity index (χ0n) is 18.6. The Balaban J connectivity index is 0.00000380. The number of carbonyl (C=O) groups excluding carboxylic acids is 1. The van der Waals surface area contributed by atoms with Crippen molar-refractivity contribution in [3.05, 3.63) is 69.1 Å². The van der Waals surface area contributed by atoms with Gasteiger partial charge < -0.3 is 15.2 Å². The van der Waals surface area contributed by atoms with Crippen molar-refractivity contribution in [2.45, 2.75) is 38.1 Å². The van der Waals surface area contributed by atoms with E-state index in [0.29, 0.717) is 12.1 Å². The highest BCUT2D eigenvalue weighted by Crippen LogP contribution is 2.39. The van der Waals surface area contributed by atoms with Crippen LogP contribution in [0.15, 0.2) is 24.4 Å². The summed E-state index contributed by atoms with van der Waals surface area (Å²) >= 11 is 12.1. The van der Waals surface area contributed by atoms with Gasteiger partial charge in [0.15, 0.2) is 11.6 Å². The van der Waals surface area contributed by atoms with Crippen molar-refractivity contribution in [2.75, 3.05) is 6.54 Å². The topological polar surface area (TPSA) is 77.0 Å². The van der Waals surface area contributed by atoms with Crippen LogP contribution in [-0.4, -0.2) is 37.9 Å². The largest absolute Gasteiger partial charge is 0.449 e. The molecule has 15 heteroatoms. The van der Waals surface area contributed by atoms with Crippen LogP contribution in [-0.2, 0) is 30.5 Å². The van der Waals surface area contributed by atoms with Crippen molar-refractivity contribution in [1.82, 2.24) is 19.4 Å². The Morgan fingerprint density at radius 3 is 2.46 bits per heavy atom. The van der Waals surface area contributed by atoms with Gasteiger partial charge in [-0.15, -0.1) is 12.4 Å². The summed E-state index contributed by atoms with van der Waals surface area (Å²) < 4.78 is 82.5. The van der Waals surface area contributed by atoms with E-state index in [2.05, 4.69) is 9.97 Å². The summed E-state index contributed by atoms with van der Waals surface area (Å²) in [4.78, 5) is 21.7. The molecule has 3 aromatic rings. The number of imidazole rings is 1. The summed E-state index contributed by atoms with van der Waals surface area (Å²) in [5, 5.41) is -0.212. The molecule has 37 heavy (non-hydrogen) atoms. The first-order chi connectivity index (χ1) is 16.9. The first-order valence-electron chi connectivity index (χ1n) is 10.5. The maximum Gasteiger partial charge on any atom is 0.449 e. The summed E-state index contributed by atoms with van der Waals surface area (Å²) in [6, 6.07) is 1.47. The van der Waals surface area contributed by atoms with Gasteiger partial charge in [-0.1, -0.05) is 23.2 Å². The minimum Gasteiger partial charge on any atom is -0.335 e. The fraction of sp³-hybridized carbons (Fsp3) is 0.318. The van der Waals surface area contributed by atoms with E-state index in [-0.39, 0.29) is 77.6 Å². The van der Waals surface area contributed by atoms with Gasteiger partial charge in [0, 0.05) is 43.4 Å². The number of nitrogens with zero attached hydrogens (tertiary/aromatic N) is 4. The minimum absolute atomic E-state index is 0. The Kier molecular flexibility index (Phi) is 8.68. The molecule has 1 aliphatic rings. The molecule has 1 aliphatic heterocycles. The van der Waals surface area contributed by atoms with E-state index < -0.39 is 41.4 Å². The summed E-state index contributed by atoms with van der Waals surface area (Å²) in [5.74, 6) is -5.27. The van der Waals surface area contributed by atoms with E-state index in [1.807, 2.05) is 0 Å². The number of pyridine rings is 1. The van der Waals surface area contributed by atoms with Crippen LogP contribution in [0.25, 0.3) is 11.3 Å². The molecular formula is C22H18Cl3F6N5O. The van der Waals surface area contributed by atoms with Crippen LogP contribution in [0.1, 0.15) is 23.5 Å². The molecule has 0 saturated carbocycles. The third kappa shape index (κ3) is 5.97. The first-order valence-corrected chi connectivity index (χ1v) is 11.3. The van der Waals surface area contributed by atoms with Crippen LogP contribution in [0.5, 0.6) is 0 Å². The number of hydrogen-bond donors (Lipinski definition) is 1. The van der Waals surface area contributed by atoms with Crippen molar-refractivity contribution >= 4 is 41.5 Å². The third-order valence-electron chi connectivity index (χ3n) is 5.72. The molecule has 1 aromatic carbocycles. The van der Waals surface area contributed by atoms with Gasteiger partial charge in [-0.25, -0.2) is 23.1 Å². The van der Waals surface area contributed by atoms with Crippen molar-refractivity contribution in [1.29, 1.82) is 0 Å². The molecule has 0 radical (unpaired) electrons. The van der Waals surface area contributed by atoms with Crippen LogP contribution >= 0.6 is 35.6 Å². The van der Waals surface area contributed by atoms with E-state index >= 15 is 0 Å². The van der Waals surface area contributed by atoms with Crippen LogP contribution in [0.4, 0.5) is 26.3 Å². The first kappa shape index (κ1) is 29.0. The fourth-order valence-corrected chi connectivity index (χ4v) is 4.40. The molecule has 1 unspecified atom stereocenters. The van der Waals surface area contributed by atoms with E-state index in [0.717, 1.165) is 4.57 Å². The molecule has 200 valence electrons. The Bertz CT molecular complexity index is 1330. The monoisotopic (exact) mass is 587 g/mol. The molecule has 0 aliphatic carbocycles. The Morgan fingerprint density at radius 1 is 1.11 bits per heavy atom. The predicted octanol–water partition coefficient (Wildman–Crippen LogP) is 5.41. The van der Waals surface area contributed by atoms with Gasteiger partial charge in [0.25, 0.3) is 0 Å². The predicted molar refractivity (Wildman–Crippen MR) is 126 cm³/mol. The summed E-state index contributed by atoms with van der Waals surface area (Å²) in [5.41, 5.74) is 5.86. The molecule has 2 aromatic heterocycles. The number of amides is 1. The number of hydrogen-bond acceptors (Lipinski definition) is 4. The van der Waals surface area contributed by atoms with Crippen molar-refractivity contribution in [3.63, 3.8) is 0 Å². The number of rotatable bonds is 5. The molecule has 6 nitrogen and oxygen atoms in total. The van der Waals surface area contributed by atoms with E-state index in [4.69, 9.17) is 28.9 Å². The quantitative estimate of drug-likeness (QED) is 0.246.